The van der Waals surface area contributed by atoms with Crippen LogP contribution in [0.3, 0.4) is 0 Å². The number of benzene rings is 2. The first-order valence-electron chi connectivity index (χ1n) is 9.70. The molecule has 0 radical (unpaired) electrons. The number of rotatable bonds is 6. The third-order valence-corrected chi connectivity index (χ3v) is 7.27. The number of aryl methyl sites for hydroxylation is 1. The zero-order valence-electron chi connectivity index (χ0n) is 16.3. The number of ether oxygens (including phenoxy) is 1. The lowest BCUT2D eigenvalue weighted by molar-refractivity contribution is 0.0730. The molecule has 0 amide bonds. The molecule has 1 fully saturated rings. The van der Waals surface area contributed by atoms with E-state index in [1.165, 1.54) is 4.31 Å². The van der Waals surface area contributed by atoms with Gasteiger partial charge in [0.25, 0.3) is 0 Å². The van der Waals surface area contributed by atoms with Gasteiger partial charge in [0.05, 0.1) is 23.6 Å². The number of ketones is 1. The fourth-order valence-corrected chi connectivity index (χ4v) is 5.00. The standard InChI is InChI=1S/C22H21ClN2O4S/c23-22-10-5-17-15-18(4-8-20(17)24-22)21(26)9-3-16-1-6-19(7-2-16)30(27,28)25-11-13-29-14-12-25/h1-2,4-8,10,15H,3,9,11-14H2. The van der Waals surface area contributed by atoms with E-state index in [1.54, 1.807) is 42.5 Å². The summed E-state index contributed by atoms with van der Waals surface area (Å²) < 4.78 is 32.0. The van der Waals surface area contributed by atoms with Crippen LogP contribution in [-0.2, 0) is 21.2 Å². The van der Waals surface area contributed by atoms with E-state index >= 15 is 0 Å². The summed E-state index contributed by atoms with van der Waals surface area (Å²) in [5.41, 5.74) is 2.28. The molecule has 8 heteroatoms. The number of nitrogens with zero attached hydrogens (tertiary/aromatic N) is 2. The average molecular weight is 445 g/mol. The maximum atomic E-state index is 12.7. The van der Waals surface area contributed by atoms with Gasteiger partial charge >= 0.3 is 0 Å². The van der Waals surface area contributed by atoms with Gasteiger partial charge in [0.2, 0.25) is 10.0 Å². The Morgan fingerprint density at radius 3 is 2.50 bits per heavy atom. The monoisotopic (exact) mass is 444 g/mol. The molecule has 30 heavy (non-hydrogen) atoms. The van der Waals surface area contributed by atoms with Crippen LogP contribution in [0, 0.1) is 0 Å². The third kappa shape index (κ3) is 4.54. The minimum Gasteiger partial charge on any atom is -0.379 e. The Labute approximate surface area is 180 Å². The predicted octanol–water partition coefficient (Wildman–Crippen LogP) is 3.72. The summed E-state index contributed by atoms with van der Waals surface area (Å²) in [6.45, 7) is 1.56. The SMILES string of the molecule is O=C(CCc1ccc(S(=O)(=O)N2CCOCC2)cc1)c1ccc2nc(Cl)ccc2c1. The van der Waals surface area contributed by atoms with Gasteiger partial charge in [-0.15, -0.1) is 0 Å². The zero-order chi connectivity index (χ0) is 21.1. The van der Waals surface area contributed by atoms with E-state index in [9.17, 15) is 13.2 Å². The van der Waals surface area contributed by atoms with E-state index in [0.717, 1.165) is 16.5 Å². The summed E-state index contributed by atoms with van der Waals surface area (Å²) in [7, 11) is -3.51. The lowest BCUT2D eigenvalue weighted by Crippen LogP contribution is -2.40. The van der Waals surface area contributed by atoms with Crippen LogP contribution in [0.4, 0.5) is 0 Å². The molecule has 0 bridgehead atoms. The van der Waals surface area contributed by atoms with Gasteiger partial charge in [0.15, 0.2) is 5.78 Å². The van der Waals surface area contributed by atoms with Crippen LogP contribution in [0.15, 0.2) is 59.5 Å². The minimum atomic E-state index is -3.51. The number of pyridine rings is 1. The lowest BCUT2D eigenvalue weighted by atomic mass is 10.0. The van der Waals surface area contributed by atoms with Gasteiger partial charge in [-0.1, -0.05) is 23.7 Å². The highest BCUT2D eigenvalue weighted by Gasteiger charge is 2.26. The normalized spacial score (nSPS) is 15.4. The van der Waals surface area contributed by atoms with Gasteiger partial charge in [-0.25, -0.2) is 13.4 Å². The molecule has 0 N–H and O–H groups in total. The summed E-state index contributed by atoms with van der Waals surface area (Å²) in [4.78, 5) is 17.1. The van der Waals surface area contributed by atoms with Crippen LogP contribution in [0.2, 0.25) is 5.15 Å². The summed E-state index contributed by atoms with van der Waals surface area (Å²) in [5, 5.41) is 1.28. The van der Waals surface area contributed by atoms with Crippen molar-refractivity contribution in [1.29, 1.82) is 0 Å². The molecule has 0 spiro atoms. The molecule has 0 saturated carbocycles. The van der Waals surface area contributed by atoms with Gasteiger partial charge < -0.3 is 4.74 Å². The number of fused-ring (bicyclic) bond motifs is 1. The van der Waals surface area contributed by atoms with Gasteiger partial charge in [0, 0.05) is 30.5 Å². The van der Waals surface area contributed by atoms with E-state index in [-0.39, 0.29) is 10.7 Å². The van der Waals surface area contributed by atoms with Crippen LogP contribution in [0.25, 0.3) is 10.9 Å². The first-order chi connectivity index (χ1) is 14.4. The van der Waals surface area contributed by atoms with Crippen LogP contribution in [0.5, 0.6) is 0 Å². The lowest BCUT2D eigenvalue weighted by Gasteiger charge is -2.26. The summed E-state index contributed by atoms with van der Waals surface area (Å²) in [6, 6.07) is 15.7. The molecule has 2 heterocycles. The number of Topliss-reactive ketones (excluding diaryl/α,β-unsaturated/α-hetero) is 1. The Hall–Kier alpha value is -2.32. The van der Waals surface area contributed by atoms with Gasteiger partial charge in [0.1, 0.15) is 5.15 Å². The molecule has 4 rings (SSSR count). The molecule has 3 aromatic rings. The van der Waals surface area contributed by atoms with Crippen molar-refractivity contribution in [2.45, 2.75) is 17.7 Å². The molecule has 1 saturated heterocycles. The van der Waals surface area contributed by atoms with Crippen molar-refractivity contribution in [1.82, 2.24) is 9.29 Å². The van der Waals surface area contributed by atoms with Gasteiger partial charge in [-0.2, -0.15) is 4.31 Å². The second kappa shape index (κ2) is 8.81. The molecule has 0 aliphatic carbocycles. The number of halogens is 1. The fourth-order valence-electron chi connectivity index (χ4n) is 3.44. The van der Waals surface area contributed by atoms with E-state index in [1.807, 2.05) is 12.1 Å². The number of aromatic nitrogens is 1. The number of hydrogen-bond donors (Lipinski definition) is 0. The van der Waals surface area contributed by atoms with Crippen molar-refractivity contribution < 1.29 is 17.9 Å². The Balaban J connectivity index is 1.41. The average Bonchev–Trinajstić information content (AvgIpc) is 2.78. The molecular formula is C22H21ClN2O4S. The Morgan fingerprint density at radius 1 is 1.03 bits per heavy atom. The highest BCUT2D eigenvalue weighted by molar-refractivity contribution is 7.89. The van der Waals surface area contributed by atoms with Crippen LogP contribution < -0.4 is 0 Å². The minimum absolute atomic E-state index is 0.0249. The molecule has 0 unspecified atom stereocenters. The molecule has 2 aromatic carbocycles. The molecule has 1 aliphatic rings. The summed E-state index contributed by atoms with van der Waals surface area (Å²) in [5.74, 6) is 0.0249. The number of sulfonamides is 1. The third-order valence-electron chi connectivity index (χ3n) is 5.15. The topological polar surface area (TPSA) is 76.6 Å². The van der Waals surface area contributed by atoms with Gasteiger partial charge in [-0.3, -0.25) is 4.79 Å². The van der Waals surface area contributed by atoms with Crippen LogP contribution in [-0.4, -0.2) is 49.8 Å². The number of hydrogen-bond acceptors (Lipinski definition) is 5. The highest BCUT2D eigenvalue weighted by atomic mass is 35.5. The van der Waals surface area contributed by atoms with E-state index < -0.39 is 10.0 Å². The number of morpholine rings is 1. The van der Waals surface area contributed by atoms with Crippen molar-refractivity contribution in [3.05, 3.63) is 70.9 Å². The highest BCUT2D eigenvalue weighted by Crippen LogP contribution is 2.20. The predicted molar refractivity (Wildman–Crippen MR) is 115 cm³/mol. The van der Waals surface area contributed by atoms with Crippen molar-refractivity contribution in [3.63, 3.8) is 0 Å². The summed E-state index contributed by atoms with van der Waals surface area (Å²) >= 11 is 5.90. The molecule has 1 aromatic heterocycles. The number of carbonyl (C=O) groups is 1. The molecule has 1 aliphatic heterocycles. The van der Waals surface area contributed by atoms with Gasteiger partial charge in [-0.05, 0) is 54.4 Å². The first kappa shape index (κ1) is 20.9. The van der Waals surface area contributed by atoms with Crippen molar-refractivity contribution in [2.75, 3.05) is 26.3 Å². The molecule has 6 nitrogen and oxygen atoms in total. The first-order valence-corrected chi connectivity index (χ1v) is 11.5. The van der Waals surface area contributed by atoms with E-state index in [2.05, 4.69) is 4.98 Å². The Kier molecular flexibility index (Phi) is 6.15. The fraction of sp³-hybridized carbons (Fsp3) is 0.273. The maximum Gasteiger partial charge on any atom is 0.243 e. The smallest absolute Gasteiger partial charge is 0.243 e. The Bertz CT molecular complexity index is 1170. The van der Waals surface area contributed by atoms with Crippen LogP contribution in [0.1, 0.15) is 22.3 Å². The quantitative estimate of drug-likeness (QED) is 0.427. The van der Waals surface area contributed by atoms with E-state index in [4.69, 9.17) is 16.3 Å². The van der Waals surface area contributed by atoms with E-state index in [0.29, 0.717) is 49.9 Å². The zero-order valence-corrected chi connectivity index (χ0v) is 17.8. The molecular weight excluding hydrogens is 424 g/mol. The second-order valence-electron chi connectivity index (χ2n) is 7.13. The Morgan fingerprint density at radius 2 is 1.77 bits per heavy atom. The van der Waals surface area contributed by atoms with Crippen molar-refractivity contribution in [3.8, 4) is 0 Å². The molecule has 156 valence electrons. The van der Waals surface area contributed by atoms with Crippen LogP contribution >= 0.6 is 11.6 Å². The number of carbonyl (C=O) groups excluding carboxylic acids is 1. The van der Waals surface area contributed by atoms with Crippen molar-refractivity contribution in [2.24, 2.45) is 0 Å². The second-order valence-corrected chi connectivity index (χ2v) is 9.45. The maximum absolute atomic E-state index is 12.7. The summed E-state index contributed by atoms with van der Waals surface area (Å²) in [6.07, 6.45) is 0.871. The molecule has 0 atom stereocenters. The van der Waals surface area contributed by atoms with Crippen molar-refractivity contribution >= 4 is 38.3 Å². The largest absolute Gasteiger partial charge is 0.379 e.